The number of nitrogens with one attached hydrogen (secondary N) is 1. The molecular formula is C29H34N4O4. The van der Waals surface area contributed by atoms with E-state index < -0.39 is 0 Å². The number of amides is 4. The van der Waals surface area contributed by atoms with E-state index >= 15 is 0 Å². The first-order valence-corrected chi connectivity index (χ1v) is 13.2. The van der Waals surface area contributed by atoms with E-state index in [9.17, 15) is 19.2 Å². The Hall–Kier alpha value is -3.68. The summed E-state index contributed by atoms with van der Waals surface area (Å²) in [7, 11) is 0. The number of anilines is 1. The lowest BCUT2D eigenvalue weighted by atomic mass is 9.76. The average Bonchev–Trinajstić information content (AvgIpc) is 2.93. The standard InChI is InChI=1S/C29H34N4O4/c1-20(34)22-7-10-24(11-8-22)31-15-17-32(18-16-31)27(35)23-9-12-25-26(19-23)30-29(37)33(28(25)36)14-13-21-5-3-2-4-6-21/h2-8,10-11,23,25-26H,9,12-19H2,1H3,(H,30,37). The zero-order valence-electron chi connectivity index (χ0n) is 21.3. The summed E-state index contributed by atoms with van der Waals surface area (Å²) in [5.41, 5.74) is 2.84. The van der Waals surface area contributed by atoms with Gasteiger partial charge in [-0.05, 0) is 62.4 Å². The molecular weight excluding hydrogens is 468 g/mol. The summed E-state index contributed by atoms with van der Waals surface area (Å²) in [6, 6.07) is 16.8. The Morgan fingerprint density at radius 1 is 0.919 bits per heavy atom. The van der Waals surface area contributed by atoms with Crippen LogP contribution >= 0.6 is 0 Å². The van der Waals surface area contributed by atoms with E-state index in [1.807, 2.05) is 59.5 Å². The molecule has 0 spiro atoms. The molecule has 4 amide bonds. The minimum absolute atomic E-state index is 0.0486. The lowest BCUT2D eigenvalue weighted by Crippen LogP contribution is -2.62. The van der Waals surface area contributed by atoms with E-state index in [1.54, 1.807) is 6.92 Å². The lowest BCUT2D eigenvalue weighted by molar-refractivity contribution is -0.142. The van der Waals surface area contributed by atoms with Crippen molar-refractivity contribution < 1.29 is 19.2 Å². The molecule has 2 aromatic carbocycles. The van der Waals surface area contributed by atoms with E-state index in [0.29, 0.717) is 50.9 Å². The molecule has 8 nitrogen and oxygen atoms in total. The number of Topliss-reactive ketones (excluding diaryl/α,β-unsaturated/α-hetero) is 1. The Bertz CT molecular complexity index is 1160. The fourth-order valence-corrected chi connectivity index (χ4v) is 5.83. The van der Waals surface area contributed by atoms with Gasteiger partial charge >= 0.3 is 6.03 Å². The highest BCUT2D eigenvalue weighted by Crippen LogP contribution is 2.34. The molecule has 0 radical (unpaired) electrons. The van der Waals surface area contributed by atoms with Crippen LogP contribution in [0.15, 0.2) is 54.6 Å². The third-order valence-electron chi connectivity index (χ3n) is 8.03. The van der Waals surface area contributed by atoms with Crippen LogP contribution in [0.4, 0.5) is 10.5 Å². The highest BCUT2D eigenvalue weighted by Gasteiger charge is 2.45. The van der Waals surface area contributed by atoms with Crippen molar-refractivity contribution in [3.05, 3.63) is 65.7 Å². The maximum Gasteiger partial charge on any atom is 0.324 e. The van der Waals surface area contributed by atoms with Crippen molar-refractivity contribution in [2.24, 2.45) is 11.8 Å². The van der Waals surface area contributed by atoms with E-state index in [1.165, 1.54) is 4.90 Å². The number of benzene rings is 2. The van der Waals surface area contributed by atoms with Crippen molar-refractivity contribution in [3.63, 3.8) is 0 Å². The third-order valence-corrected chi connectivity index (χ3v) is 8.03. The lowest BCUT2D eigenvalue weighted by Gasteiger charge is -2.43. The average molecular weight is 503 g/mol. The van der Waals surface area contributed by atoms with Crippen molar-refractivity contribution in [2.75, 3.05) is 37.6 Å². The van der Waals surface area contributed by atoms with Crippen LogP contribution < -0.4 is 10.2 Å². The highest BCUT2D eigenvalue weighted by atomic mass is 16.2. The van der Waals surface area contributed by atoms with Crippen molar-refractivity contribution in [3.8, 4) is 0 Å². The van der Waals surface area contributed by atoms with Gasteiger partial charge in [-0.3, -0.25) is 19.3 Å². The fourth-order valence-electron chi connectivity index (χ4n) is 5.83. The molecule has 0 aromatic heterocycles. The molecule has 3 atom stereocenters. The van der Waals surface area contributed by atoms with Crippen LogP contribution in [0.25, 0.3) is 0 Å². The van der Waals surface area contributed by atoms with Crippen LogP contribution in [0.3, 0.4) is 0 Å². The van der Waals surface area contributed by atoms with Crippen LogP contribution in [0.2, 0.25) is 0 Å². The number of carbonyl (C=O) groups excluding carboxylic acids is 4. The molecule has 1 saturated carbocycles. The second-order valence-electron chi connectivity index (χ2n) is 10.3. The van der Waals surface area contributed by atoms with Gasteiger partial charge in [-0.25, -0.2) is 4.79 Å². The number of carbonyl (C=O) groups is 4. The van der Waals surface area contributed by atoms with Crippen LogP contribution in [0.1, 0.15) is 42.1 Å². The van der Waals surface area contributed by atoms with E-state index in [2.05, 4.69) is 10.2 Å². The number of hydrogen-bond donors (Lipinski definition) is 1. The molecule has 194 valence electrons. The molecule has 2 saturated heterocycles. The second-order valence-corrected chi connectivity index (χ2v) is 10.3. The normalized spacial score (nSPS) is 23.9. The first-order chi connectivity index (χ1) is 17.9. The highest BCUT2D eigenvalue weighted by molar-refractivity contribution is 5.99. The zero-order valence-corrected chi connectivity index (χ0v) is 21.3. The maximum absolute atomic E-state index is 13.3. The number of nitrogens with zero attached hydrogens (tertiary/aromatic N) is 3. The van der Waals surface area contributed by atoms with Crippen LogP contribution in [-0.2, 0) is 16.0 Å². The molecule has 2 aromatic rings. The quantitative estimate of drug-likeness (QED) is 0.613. The molecule has 2 heterocycles. The molecule has 1 aliphatic carbocycles. The summed E-state index contributed by atoms with van der Waals surface area (Å²) in [6.45, 7) is 4.66. The molecule has 0 bridgehead atoms. The molecule has 8 heteroatoms. The van der Waals surface area contributed by atoms with Crippen molar-refractivity contribution in [1.82, 2.24) is 15.1 Å². The number of rotatable bonds is 6. The van der Waals surface area contributed by atoms with Gasteiger partial charge in [-0.2, -0.15) is 0 Å². The van der Waals surface area contributed by atoms with Crippen LogP contribution in [-0.4, -0.2) is 72.2 Å². The molecule has 3 aliphatic rings. The van der Waals surface area contributed by atoms with Gasteiger partial charge in [0.25, 0.3) is 0 Å². The van der Waals surface area contributed by atoms with E-state index in [0.717, 1.165) is 24.3 Å². The molecule has 3 fully saturated rings. The minimum atomic E-state index is -0.348. The summed E-state index contributed by atoms with van der Waals surface area (Å²) in [6.07, 6.45) is 2.43. The van der Waals surface area contributed by atoms with E-state index in [4.69, 9.17) is 0 Å². The smallest absolute Gasteiger partial charge is 0.324 e. The van der Waals surface area contributed by atoms with Gasteiger partial charge < -0.3 is 15.1 Å². The van der Waals surface area contributed by atoms with Gasteiger partial charge in [-0.1, -0.05) is 30.3 Å². The van der Waals surface area contributed by atoms with Gasteiger partial charge in [0.2, 0.25) is 11.8 Å². The number of urea groups is 1. The number of imide groups is 1. The Balaban J connectivity index is 1.13. The van der Waals surface area contributed by atoms with Crippen molar-refractivity contribution in [2.45, 2.75) is 38.6 Å². The van der Waals surface area contributed by atoms with Gasteiger partial charge in [0.05, 0.1) is 5.92 Å². The molecule has 5 rings (SSSR count). The minimum Gasteiger partial charge on any atom is -0.368 e. The predicted octanol–water partition coefficient (Wildman–Crippen LogP) is 3.12. The Labute approximate surface area is 217 Å². The molecule has 3 unspecified atom stereocenters. The van der Waals surface area contributed by atoms with Crippen LogP contribution in [0, 0.1) is 11.8 Å². The Morgan fingerprint density at radius 2 is 1.62 bits per heavy atom. The summed E-state index contributed by atoms with van der Waals surface area (Å²) >= 11 is 0. The monoisotopic (exact) mass is 502 g/mol. The summed E-state index contributed by atoms with van der Waals surface area (Å²) in [5.74, 6) is -0.371. The van der Waals surface area contributed by atoms with Gasteiger partial charge in [0.15, 0.2) is 5.78 Å². The zero-order chi connectivity index (χ0) is 25.9. The second kappa shape index (κ2) is 10.7. The van der Waals surface area contributed by atoms with Crippen molar-refractivity contribution in [1.29, 1.82) is 0 Å². The number of piperazine rings is 1. The first-order valence-electron chi connectivity index (χ1n) is 13.2. The Morgan fingerprint density at radius 3 is 2.30 bits per heavy atom. The van der Waals surface area contributed by atoms with Gasteiger partial charge in [-0.15, -0.1) is 0 Å². The van der Waals surface area contributed by atoms with Gasteiger partial charge in [0, 0.05) is 55.9 Å². The number of fused-ring (bicyclic) bond motifs is 1. The molecule has 2 aliphatic heterocycles. The molecule has 37 heavy (non-hydrogen) atoms. The maximum atomic E-state index is 13.3. The SMILES string of the molecule is CC(=O)c1ccc(N2CCN(C(=O)C3CCC4C(=O)N(CCc5ccccc5)C(=O)NC4C3)CC2)cc1. The summed E-state index contributed by atoms with van der Waals surface area (Å²) in [5, 5.41) is 3.03. The van der Waals surface area contributed by atoms with Gasteiger partial charge in [0.1, 0.15) is 0 Å². The van der Waals surface area contributed by atoms with E-state index in [-0.39, 0.29) is 41.5 Å². The first kappa shape index (κ1) is 25.0. The van der Waals surface area contributed by atoms with Crippen molar-refractivity contribution >= 4 is 29.3 Å². The number of ketones is 1. The predicted molar refractivity (Wildman–Crippen MR) is 140 cm³/mol. The number of hydrogen-bond acceptors (Lipinski definition) is 5. The topological polar surface area (TPSA) is 90.0 Å². The Kier molecular flexibility index (Phi) is 7.26. The van der Waals surface area contributed by atoms with Crippen LogP contribution in [0.5, 0.6) is 0 Å². The third kappa shape index (κ3) is 5.38. The summed E-state index contributed by atoms with van der Waals surface area (Å²) in [4.78, 5) is 56.3. The largest absolute Gasteiger partial charge is 0.368 e. The molecule has 1 N–H and O–H groups in total. The fraction of sp³-hybridized carbons (Fsp3) is 0.448. The summed E-state index contributed by atoms with van der Waals surface area (Å²) < 4.78 is 0.